The summed E-state index contributed by atoms with van der Waals surface area (Å²) < 4.78 is 18.8. The van der Waals surface area contributed by atoms with Gasteiger partial charge < -0.3 is 18.9 Å². The second-order valence-electron chi connectivity index (χ2n) is 4.47. The Hall–Kier alpha value is -2.28. The van der Waals surface area contributed by atoms with Crippen molar-refractivity contribution >= 4 is 29.7 Å². The Morgan fingerprint density at radius 2 is 1.70 bits per heavy atom. The van der Waals surface area contributed by atoms with Crippen LogP contribution in [0.3, 0.4) is 0 Å². The molecular weight excluding hydrogens is 328 g/mol. The Balaban J connectivity index is 2.54. The second kappa shape index (κ2) is 9.68. The van der Waals surface area contributed by atoms with E-state index in [0.29, 0.717) is 10.6 Å². The highest BCUT2D eigenvalue weighted by atomic mass is 35.5. The Morgan fingerprint density at radius 3 is 2.22 bits per heavy atom. The van der Waals surface area contributed by atoms with Gasteiger partial charge >= 0.3 is 18.1 Å². The summed E-state index contributed by atoms with van der Waals surface area (Å²) in [4.78, 5) is 34.2. The summed E-state index contributed by atoms with van der Waals surface area (Å²) in [5.74, 6) is -1.25. The van der Waals surface area contributed by atoms with Crippen LogP contribution in [0.1, 0.15) is 18.4 Å². The van der Waals surface area contributed by atoms with E-state index in [0.717, 1.165) is 0 Å². The number of carbonyl (C=O) groups is 3. The average Bonchev–Trinajstić information content (AvgIpc) is 2.52. The summed E-state index contributed by atoms with van der Waals surface area (Å²) >= 11 is 5.82. The Labute approximate surface area is 138 Å². The van der Waals surface area contributed by atoms with E-state index in [2.05, 4.69) is 9.47 Å². The third-order valence-electron chi connectivity index (χ3n) is 2.75. The Bertz CT molecular complexity index is 541. The van der Waals surface area contributed by atoms with Crippen LogP contribution in [-0.4, -0.2) is 38.4 Å². The first-order valence-electron chi connectivity index (χ1n) is 6.66. The second-order valence-corrected chi connectivity index (χ2v) is 4.91. The fourth-order valence-corrected chi connectivity index (χ4v) is 1.85. The fourth-order valence-electron chi connectivity index (χ4n) is 1.63. The van der Waals surface area contributed by atoms with Gasteiger partial charge in [-0.2, -0.15) is 0 Å². The van der Waals surface area contributed by atoms with Crippen LogP contribution in [0.2, 0.25) is 5.02 Å². The molecule has 0 fully saturated rings. The molecule has 23 heavy (non-hydrogen) atoms. The quantitative estimate of drug-likeness (QED) is 0.554. The molecule has 0 spiro atoms. The van der Waals surface area contributed by atoms with Crippen molar-refractivity contribution < 1.29 is 33.3 Å². The lowest BCUT2D eigenvalue weighted by atomic mass is 10.2. The van der Waals surface area contributed by atoms with Crippen LogP contribution in [0.4, 0.5) is 4.79 Å². The molecule has 0 radical (unpaired) electrons. The smallest absolute Gasteiger partial charge is 0.469 e. The number of carbonyl (C=O) groups excluding carboxylic acids is 3. The third kappa shape index (κ3) is 7.51. The van der Waals surface area contributed by atoms with Gasteiger partial charge in [-0.05, 0) is 17.7 Å². The van der Waals surface area contributed by atoms with Crippen molar-refractivity contribution in [3.63, 3.8) is 0 Å². The average molecular weight is 345 g/mol. The molecule has 0 heterocycles. The van der Waals surface area contributed by atoms with Gasteiger partial charge in [0.2, 0.25) is 0 Å². The highest BCUT2D eigenvalue weighted by Crippen LogP contribution is 2.13. The first kappa shape index (κ1) is 18.8. The number of rotatable bonds is 7. The molecule has 1 rings (SSSR count). The molecule has 0 unspecified atom stereocenters. The monoisotopic (exact) mass is 344 g/mol. The zero-order chi connectivity index (χ0) is 17.2. The van der Waals surface area contributed by atoms with Crippen LogP contribution >= 0.6 is 11.6 Å². The van der Waals surface area contributed by atoms with Gasteiger partial charge in [-0.1, -0.05) is 23.7 Å². The zero-order valence-corrected chi connectivity index (χ0v) is 13.5. The maximum atomic E-state index is 11.7. The molecule has 7 nitrogen and oxygen atoms in total. The molecule has 0 amide bonds. The van der Waals surface area contributed by atoms with Crippen molar-refractivity contribution in [2.24, 2.45) is 0 Å². The maximum absolute atomic E-state index is 11.7. The maximum Gasteiger partial charge on any atom is 0.508 e. The van der Waals surface area contributed by atoms with Crippen molar-refractivity contribution in [2.75, 3.05) is 14.2 Å². The topological polar surface area (TPSA) is 88.1 Å². The lowest BCUT2D eigenvalue weighted by molar-refractivity contribution is -0.147. The van der Waals surface area contributed by atoms with Gasteiger partial charge in [0.15, 0.2) is 0 Å². The van der Waals surface area contributed by atoms with Gasteiger partial charge in [-0.15, -0.1) is 0 Å². The van der Waals surface area contributed by atoms with Crippen molar-refractivity contribution in [1.82, 2.24) is 0 Å². The number of benzene rings is 1. The summed E-state index contributed by atoms with van der Waals surface area (Å²) in [7, 11) is 2.38. The molecule has 0 aliphatic carbocycles. The molecule has 8 heteroatoms. The highest BCUT2D eigenvalue weighted by Gasteiger charge is 2.23. The molecule has 0 aliphatic heterocycles. The molecule has 0 atom stereocenters. The number of halogens is 1. The molecule has 0 aromatic heterocycles. The van der Waals surface area contributed by atoms with E-state index < -0.39 is 24.2 Å². The van der Waals surface area contributed by atoms with Gasteiger partial charge in [0, 0.05) is 5.02 Å². The molecule has 0 saturated carbocycles. The fraction of sp³-hybridized carbons (Fsp3) is 0.400. The van der Waals surface area contributed by atoms with Gasteiger partial charge in [-0.25, -0.2) is 4.79 Å². The predicted octanol–water partition coefficient (Wildman–Crippen LogP) is 2.49. The lowest BCUT2D eigenvalue weighted by Crippen LogP contribution is -2.26. The standard InChI is InChI=1S/C15H17ClO7/c1-20-13(17)7-12(8-14(18)21-2)23-15(19)22-9-10-4-3-5-11(16)6-10/h3-6,12H,7-9H2,1-2H3. The summed E-state index contributed by atoms with van der Waals surface area (Å²) in [5.41, 5.74) is 0.673. The van der Waals surface area contributed by atoms with Crippen molar-refractivity contribution in [3.8, 4) is 0 Å². The van der Waals surface area contributed by atoms with Crippen LogP contribution in [0.25, 0.3) is 0 Å². The van der Waals surface area contributed by atoms with E-state index >= 15 is 0 Å². The Morgan fingerprint density at radius 1 is 1.09 bits per heavy atom. The number of hydrogen-bond donors (Lipinski definition) is 0. The zero-order valence-electron chi connectivity index (χ0n) is 12.7. The molecule has 1 aromatic carbocycles. The summed E-state index contributed by atoms with van der Waals surface area (Å²) in [6.45, 7) is -0.0530. The van der Waals surface area contributed by atoms with Crippen LogP contribution < -0.4 is 0 Å². The molecule has 126 valence electrons. The van der Waals surface area contributed by atoms with Crippen molar-refractivity contribution in [2.45, 2.75) is 25.6 Å². The van der Waals surface area contributed by atoms with Gasteiger partial charge in [-0.3, -0.25) is 9.59 Å². The Kier molecular flexibility index (Phi) is 7.90. The van der Waals surface area contributed by atoms with E-state index in [1.165, 1.54) is 14.2 Å². The first-order valence-corrected chi connectivity index (χ1v) is 7.04. The molecule has 0 N–H and O–H groups in total. The molecule has 0 bridgehead atoms. The minimum atomic E-state index is -1.03. The van der Waals surface area contributed by atoms with Gasteiger partial charge in [0.1, 0.15) is 12.7 Å². The minimum absolute atomic E-state index is 0.0530. The van der Waals surface area contributed by atoms with Crippen LogP contribution in [0.5, 0.6) is 0 Å². The number of ether oxygens (including phenoxy) is 4. The SMILES string of the molecule is COC(=O)CC(CC(=O)OC)OC(=O)OCc1cccc(Cl)c1. The van der Waals surface area contributed by atoms with Crippen LogP contribution in [0.15, 0.2) is 24.3 Å². The van der Waals surface area contributed by atoms with E-state index in [1.54, 1.807) is 24.3 Å². The number of esters is 2. The van der Waals surface area contributed by atoms with Gasteiger partial charge in [0.05, 0.1) is 27.1 Å². The summed E-state index contributed by atoms with van der Waals surface area (Å²) in [6, 6.07) is 6.75. The number of methoxy groups -OCH3 is 2. The van der Waals surface area contributed by atoms with E-state index in [1.807, 2.05) is 0 Å². The van der Waals surface area contributed by atoms with Crippen molar-refractivity contribution in [1.29, 1.82) is 0 Å². The minimum Gasteiger partial charge on any atom is -0.469 e. The first-order chi connectivity index (χ1) is 10.9. The molecule has 1 aromatic rings. The summed E-state index contributed by atoms with van der Waals surface area (Å²) in [5, 5.41) is 0.508. The van der Waals surface area contributed by atoms with E-state index in [9.17, 15) is 14.4 Å². The number of hydrogen-bond acceptors (Lipinski definition) is 7. The largest absolute Gasteiger partial charge is 0.508 e. The van der Waals surface area contributed by atoms with E-state index in [-0.39, 0.29) is 19.4 Å². The van der Waals surface area contributed by atoms with Gasteiger partial charge in [0.25, 0.3) is 0 Å². The van der Waals surface area contributed by atoms with E-state index in [4.69, 9.17) is 21.1 Å². The molecule has 0 aliphatic rings. The third-order valence-corrected chi connectivity index (χ3v) is 2.99. The molecule has 0 saturated heterocycles. The van der Waals surface area contributed by atoms with Crippen molar-refractivity contribution in [3.05, 3.63) is 34.9 Å². The highest BCUT2D eigenvalue weighted by molar-refractivity contribution is 6.30. The van der Waals surface area contributed by atoms with Crippen LogP contribution in [0, 0.1) is 0 Å². The predicted molar refractivity (Wildman–Crippen MR) is 79.8 cm³/mol. The molecular formula is C15H17ClO7. The lowest BCUT2D eigenvalue weighted by Gasteiger charge is -2.15. The van der Waals surface area contributed by atoms with Crippen LogP contribution in [-0.2, 0) is 35.1 Å². The summed E-state index contributed by atoms with van der Waals surface area (Å²) in [6.07, 6.45) is -2.60. The normalized spacial score (nSPS) is 10.1.